The number of hydrogen-bond acceptors (Lipinski definition) is 2. The Balaban J connectivity index is 2.04. The van der Waals surface area contributed by atoms with Crippen LogP contribution < -0.4 is 0 Å². The normalized spacial score (nSPS) is 11.1. The Kier molecular flexibility index (Phi) is 5.54. The molecule has 0 aliphatic rings. The minimum Gasteiger partial charge on any atom is -0.481 e. The molecule has 23 heavy (non-hydrogen) atoms. The zero-order valence-corrected chi connectivity index (χ0v) is 12.4. The van der Waals surface area contributed by atoms with Crippen LogP contribution >= 0.6 is 0 Å². The van der Waals surface area contributed by atoms with Gasteiger partial charge < -0.3 is 10.2 Å². The van der Waals surface area contributed by atoms with Crippen LogP contribution in [0.3, 0.4) is 0 Å². The summed E-state index contributed by atoms with van der Waals surface area (Å²) in [7, 11) is 0. The average molecular weight is 308 g/mol. The molecule has 116 valence electrons. The largest absolute Gasteiger partial charge is 0.481 e. The Morgan fingerprint density at radius 2 is 1.52 bits per heavy atom. The van der Waals surface area contributed by atoms with Crippen LogP contribution in [-0.2, 0) is 9.59 Å². The van der Waals surface area contributed by atoms with E-state index in [0.29, 0.717) is 0 Å². The van der Waals surface area contributed by atoms with Gasteiger partial charge in [0, 0.05) is 12.0 Å². The van der Waals surface area contributed by atoms with Gasteiger partial charge in [-0.1, -0.05) is 54.3 Å². The standard InChI is InChI=1S/C19H16O4/c20-18(21)13-17(19(22)23)8-4-5-14-9-11-16(12-10-14)15-6-2-1-3-7-15/h1-3,6-7,9-12,17H,8,13H2,(H,20,21)(H,22,23). The number of hydrogen-bond donors (Lipinski definition) is 2. The van der Waals surface area contributed by atoms with Crippen molar-refractivity contribution in [2.24, 2.45) is 5.92 Å². The fourth-order valence-corrected chi connectivity index (χ4v) is 2.11. The number of carboxylic acid groups (broad SMARTS) is 2. The Morgan fingerprint density at radius 1 is 0.913 bits per heavy atom. The summed E-state index contributed by atoms with van der Waals surface area (Å²) in [6, 6.07) is 17.6. The van der Waals surface area contributed by atoms with Crippen molar-refractivity contribution in [2.45, 2.75) is 12.8 Å². The second-order valence-electron chi connectivity index (χ2n) is 5.08. The van der Waals surface area contributed by atoms with Crippen LogP contribution in [0, 0.1) is 17.8 Å². The second kappa shape index (κ2) is 7.81. The van der Waals surface area contributed by atoms with Crippen molar-refractivity contribution in [1.82, 2.24) is 0 Å². The van der Waals surface area contributed by atoms with E-state index in [0.717, 1.165) is 16.7 Å². The zero-order chi connectivity index (χ0) is 16.7. The monoisotopic (exact) mass is 308 g/mol. The lowest BCUT2D eigenvalue weighted by molar-refractivity contribution is -0.148. The van der Waals surface area contributed by atoms with Crippen LogP contribution in [0.4, 0.5) is 0 Å². The van der Waals surface area contributed by atoms with E-state index in [1.54, 1.807) is 0 Å². The van der Waals surface area contributed by atoms with Crippen LogP contribution in [-0.4, -0.2) is 22.2 Å². The Bertz CT molecular complexity index is 736. The fourth-order valence-electron chi connectivity index (χ4n) is 2.11. The van der Waals surface area contributed by atoms with Crippen LogP contribution in [0.1, 0.15) is 18.4 Å². The third-order valence-electron chi connectivity index (χ3n) is 3.34. The third-order valence-corrected chi connectivity index (χ3v) is 3.34. The maximum Gasteiger partial charge on any atom is 0.308 e. The Hall–Kier alpha value is -3.06. The van der Waals surface area contributed by atoms with Gasteiger partial charge in [0.1, 0.15) is 0 Å². The maximum absolute atomic E-state index is 10.9. The molecule has 2 aromatic carbocycles. The van der Waals surface area contributed by atoms with Crippen LogP contribution in [0.15, 0.2) is 54.6 Å². The lowest BCUT2D eigenvalue weighted by atomic mass is 10.0. The molecule has 0 bridgehead atoms. The molecule has 0 amide bonds. The van der Waals surface area contributed by atoms with Gasteiger partial charge in [-0.05, 0) is 23.3 Å². The summed E-state index contributed by atoms with van der Waals surface area (Å²) in [6.07, 6.45) is -0.404. The summed E-state index contributed by atoms with van der Waals surface area (Å²) >= 11 is 0. The molecule has 0 spiro atoms. The first-order chi connectivity index (χ1) is 11.1. The lowest BCUT2D eigenvalue weighted by Crippen LogP contribution is -2.17. The molecule has 0 heterocycles. The van der Waals surface area contributed by atoms with Crippen molar-refractivity contribution in [1.29, 1.82) is 0 Å². The molecule has 4 nitrogen and oxygen atoms in total. The van der Waals surface area contributed by atoms with E-state index in [9.17, 15) is 9.59 Å². The van der Waals surface area contributed by atoms with Crippen molar-refractivity contribution in [3.05, 3.63) is 60.2 Å². The maximum atomic E-state index is 10.9. The van der Waals surface area contributed by atoms with Gasteiger partial charge in [0.25, 0.3) is 0 Å². The quantitative estimate of drug-likeness (QED) is 0.831. The highest BCUT2D eigenvalue weighted by molar-refractivity contribution is 5.78. The van der Waals surface area contributed by atoms with Gasteiger partial charge in [0.15, 0.2) is 0 Å². The summed E-state index contributed by atoms with van der Waals surface area (Å²) < 4.78 is 0. The van der Waals surface area contributed by atoms with E-state index >= 15 is 0 Å². The van der Waals surface area contributed by atoms with Crippen molar-refractivity contribution >= 4 is 11.9 Å². The topological polar surface area (TPSA) is 74.6 Å². The van der Waals surface area contributed by atoms with E-state index < -0.39 is 24.3 Å². The molecule has 1 unspecified atom stereocenters. The molecule has 0 aliphatic heterocycles. The van der Waals surface area contributed by atoms with Gasteiger partial charge in [-0.25, -0.2) is 0 Å². The summed E-state index contributed by atoms with van der Waals surface area (Å²) in [5, 5.41) is 17.6. The zero-order valence-electron chi connectivity index (χ0n) is 12.4. The summed E-state index contributed by atoms with van der Waals surface area (Å²) in [5.74, 6) is 2.38. The third kappa shape index (κ3) is 5.01. The predicted octanol–water partition coefficient (Wildman–Crippen LogP) is 3.27. The van der Waals surface area contributed by atoms with Crippen molar-refractivity contribution in [3.63, 3.8) is 0 Å². The van der Waals surface area contributed by atoms with Crippen LogP contribution in [0.2, 0.25) is 0 Å². The molecule has 2 N–H and O–H groups in total. The Morgan fingerprint density at radius 3 is 2.09 bits per heavy atom. The number of rotatable bonds is 5. The van der Waals surface area contributed by atoms with Gasteiger partial charge in [-0.15, -0.1) is 0 Å². The van der Waals surface area contributed by atoms with Gasteiger partial charge in [0.05, 0.1) is 12.3 Å². The van der Waals surface area contributed by atoms with Gasteiger partial charge in [0.2, 0.25) is 0 Å². The molecule has 0 saturated heterocycles. The van der Waals surface area contributed by atoms with Crippen LogP contribution in [0.5, 0.6) is 0 Å². The molecule has 0 saturated carbocycles. The molecule has 4 heteroatoms. The fraction of sp³-hybridized carbons (Fsp3) is 0.158. The SMILES string of the molecule is O=C(O)CC(CC#Cc1ccc(-c2ccccc2)cc1)C(=O)O. The summed E-state index contributed by atoms with van der Waals surface area (Å²) in [5.41, 5.74) is 2.95. The van der Waals surface area contributed by atoms with E-state index in [1.807, 2.05) is 54.6 Å². The van der Waals surface area contributed by atoms with E-state index in [4.69, 9.17) is 10.2 Å². The lowest BCUT2D eigenvalue weighted by Gasteiger charge is -2.04. The number of carbonyl (C=O) groups is 2. The number of carboxylic acids is 2. The average Bonchev–Trinajstić information content (AvgIpc) is 2.55. The van der Waals surface area contributed by atoms with Crippen molar-refractivity contribution in [2.75, 3.05) is 0 Å². The van der Waals surface area contributed by atoms with Crippen LogP contribution in [0.25, 0.3) is 11.1 Å². The number of aliphatic carboxylic acids is 2. The first kappa shape index (κ1) is 16.3. The highest BCUT2D eigenvalue weighted by Gasteiger charge is 2.19. The molecule has 1 atom stereocenters. The van der Waals surface area contributed by atoms with Gasteiger partial charge >= 0.3 is 11.9 Å². The molecule has 2 aromatic rings. The predicted molar refractivity (Wildman–Crippen MR) is 86.8 cm³/mol. The molecule has 0 aliphatic carbocycles. The van der Waals surface area contributed by atoms with Crippen molar-refractivity contribution in [3.8, 4) is 23.0 Å². The highest BCUT2D eigenvalue weighted by Crippen LogP contribution is 2.19. The first-order valence-corrected chi connectivity index (χ1v) is 7.15. The van der Waals surface area contributed by atoms with E-state index in [2.05, 4.69) is 11.8 Å². The van der Waals surface area contributed by atoms with Crippen molar-refractivity contribution < 1.29 is 19.8 Å². The highest BCUT2D eigenvalue weighted by atomic mass is 16.4. The van der Waals surface area contributed by atoms with E-state index in [-0.39, 0.29) is 6.42 Å². The number of benzene rings is 2. The second-order valence-corrected chi connectivity index (χ2v) is 5.08. The minimum absolute atomic E-state index is 0.0159. The molecule has 0 fully saturated rings. The molecular weight excluding hydrogens is 292 g/mol. The van der Waals surface area contributed by atoms with E-state index in [1.165, 1.54) is 0 Å². The smallest absolute Gasteiger partial charge is 0.308 e. The molecule has 0 radical (unpaired) electrons. The van der Waals surface area contributed by atoms with Gasteiger partial charge in [-0.3, -0.25) is 9.59 Å². The minimum atomic E-state index is -1.14. The summed E-state index contributed by atoms with van der Waals surface area (Å²) in [4.78, 5) is 21.6. The van der Waals surface area contributed by atoms with Gasteiger partial charge in [-0.2, -0.15) is 0 Å². The molecule has 0 aromatic heterocycles. The molecular formula is C19H16O4. The molecule has 2 rings (SSSR count). The summed E-state index contributed by atoms with van der Waals surface area (Å²) in [6.45, 7) is 0. The Labute approximate surface area is 134 Å². The first-order valence-electron chi connectivity index (χ1n) is 7.15.